The van der Waals surface area contributed by atoms with Crippen LogP contribution in [-0.2, 0) is 11.2 Å². The second-order valence-corrected chi connectivity index (χ2v) is 6.00. The molecule has 0 radical (unpaired) electrons. The fourth-order valence-corrected chi connectivity index (χ4v) is 2.78. The number of carbonyl (C=O) groups excluding carboxylic acids is 1. The number of H-pyrrole nitrogens is 1. The molecule has 0 fully saturated rings. The Kier molecular flexibility index (Phi) is 5.39. The first-order chi connectivity index (χ1) is 13.3. The van der Waals surface area contributed by atoms with Crippen molar-refractivity contribution in [2.24, 2.45) is 0 Å². The van der Waals surface area contributed by atoms with E-state index >= 15 is 0 Å². The molecule has 8 heteroatoms. The normalized spacial score (nSPS) is 11.4. The zero-order chi connectivity index (χ0) is 20.3. The summed E-state index contributed by atoms with van der Waals surface area (Å²) in [5.74, 6) is -0.971. The van der Waals surface area contributed by atoms with Gasteiger partial charge in [0.05, 0.1) is 6.61 Å². The Bertz CT molecular complexity index is 1060. The zero-order valence-corrected chi connectivity index (χ0v) is 14.8. The average molecular weight is 391 g/mol. The van der Waals surface area contributed by atoms with Crippen molar-refractivity contribution < 1.29 is 27.4 Å². The third-order valence-electron chi connectivity index (χ3n) is 4.01. The molecule has 28 heavy (non-hydrogen) atoms. The summed E-state index contributed by atoms with van der Waals surface area (Å²) in [5.41, 5.74) is 1.68. The first kappa shape index (κ1) is 19.5. The quantitative estimate of drug-likeness (QED) is 0.662. The molecular formula is C20H16F3NO4. The van der Waals surface area contributed by atoms with Crippen molar-refractivity contribution >= 4 is 16.9 Å². The molecule has 1 N–H and O–H groups in total. The molecule has 0 aliphatic heterocycles. The van der Waals surface area contributed by atoms with Gasteiger partial charge in [-0.3, -0.25) is 4.79 Å². The monoisotopic (exact) mass is 391 g/mol. The van der Waals surface area contributed by atoms with Crippen LogP contribution in [-0.4, -0.2) is 23.9 Å². The molecule has 3 aromatic rings. The summed E-state index contributed by atoms with van der Waals surface area (Å²) in [4.78, 5) is 27.2. The Morgan fingerprint density at radius 3 is 2.39 bits per heavy atom. The van der Waals surface area contributed by atoms with E-state index in [1.54, 1.807) is 25.1 Å². The smallest absolute Gasteiger partial charge is 0.462 e. The van der Waals surface area contributed by atoms with Crippen LogP contribution in [0.15, 0.2) is 53.5 Å². The van der Waals surface area contributed by atoms with Crippen molar-refractivity contribution in [1.29, 1.82) is 0 Å². The largest absolute Gasteiger partial charge is 0.573 e. The van der Waals surface area contributed by atoms with E-state index in [-0.39, 0.29) is 17.9 Å². The van der Waals surface area contributed by atoms with E-state index in [9.17, 15) is 22.8 Å². The Labute approximate surface area is 157 Å². The fourth-order valence-electron chi connectivity index (χ4n) is 2.78. The molecule has 0 spiro atoms. The summed E-state index contributed by atoms with van der Waals surface area (Å²) in [6.07, 6.45) is -2.96. The van der Waals surface area contributed by atoms with Crippen molar-refractivity contribution in [2.75, 3.05) is 6.61 Å². The number of rotatable bonds is 5. The highest BCUT2D eigenvalue weighted by molar-refractivity contribution is 5.93. The van der Waals surface area contributed by atoms with E-state index in [1.165, 1.54) is 30.5 Å². The molecule has 0 saturated heterocycles. The fraction of sp³-hybridized carbons (Fsp3) is 0.200. The van der Waals surface area contributed by atoms with Crippen LogP contribution in [0.3, 0.4) is 0 Å². The van der Waals surface area contributed by atoms with Gasteiger partial charge in [-0.1, -0.05) is 18.2 Å². The molecular weight excluding hydrogens is 375 g/mol. The van der Waals surface area contributed by atoms with Gasteiger partial charge in [0.25, 0.3) is 0 Å². The molecule has 0 amide bonds. The number of hydrogen-bond acceptors (Lipinski definition) is 4. The molecule has 0 atom stereocenters. The highest BCUT2D eigenvalue weighted by atomic mass is 19.4. The third kappa shape index (κ3) is 4.51. The standard InChI is InChI=1S/C20H16F3NO4/c1-2-27-19(26)16-11-24-17-10-13(5-8-15(17)18(16)25)9-12-3-6-14(7-4-12)28-20(21,22)23/h3-8,10-11H,2,9H2,1H3,(H,24,25). The maximum Gasteiger partial charge on any atom is 0.573 e. The molecule has 0 aliphatic carbocycles. The van der Waals surface area contributed by atoms with Crippen LogP contribution in [0.4, 0.5) is 13.2 Å². The van der Waals surface area contributed by atoms with Gasteiger partial charge in [0.1, 0.15) is 11.3 Å². The summed E-state index contributed by atoms with van der Waals surface area (Å²) in [6.45, 7) is 1.82. The van der Waals surface area contributed by atoms with E-state index in [4.69, 9.17) is 4.74 Å². The second-order valence-electron chi connectivity index (χ2n) is 6.00. The van der Waals surface area contributed by atoms with Crippen molar-refractivity contribution in [2.45, 2.75) is 19.7 Å². The number of benzene rings is 2. The van der Waals surface area contributed by atoms with Crippen molar-refractivity contribution in [3.63, 3.8) is 0 Å². The predicted molar refractivity (Wildman–Crippen MR) is 96.5 cm³/mol. The minimum Gasteiger partial charge on any atom is -0.462 e. The van der Waals surface area contributed by atoms with Crippen molar-refractivity contribution in [3.8, 4) is 5.75 Å². The predicted octanol–water partition coefficient (Wildman–Crippen LogP) is 4.19. The van der Waals surface area contributed by atoms with Crippen molar-refractivity contribution in [1.82, 2.24) is 4.98 Å². The maximum atomic E-state index is 12.4. The van der Waals surface area contributed by atoms with E-state index in [1.807, 2.05) is 0 Å². The number of esters is 1. The Hall–Kier alpha value is -3.29. The van der Waals surface area contributed by atoms with Crippen LogP contribution in [0.2, 0.25) is 0 Å². The number of ether oxygens (including phenoxy) is 2. The molecule has 0 bridgehead atoms. The van der Waals surface area contributed by atoms with Gasteiger partial charge in [0, 0.05) is 17.1 Å². The number of halogens is 3. The topological polar surface area (TPSA) is 68.4 Å². The van der Waals surface area contributed by atoms with E-state index in [0.717, 1.165) is 11.1 Å². The Balaban J connectivity index is 1.82. The molecule has 0 aliphatic rings. The number of carbonyl (C=O) groups is 1. The maximum absolute atomic E-state index is 12.4. The number of aromatic amines is 1. The lowest BCUT2D eigenvalue weighted by Crippen LogP contribution is -2.18. The van der Waals surface area contributed by atoms with Gasteiger partial charge in [-0.25, -0.2) is 4.79 Å². The van der Waals surface area contributed by atoms with Gasteiger partial charge in [-0.2, -0.15) is 0 Å². The summed E-state index contributed by atoms with van der Waals surface area (Å²) < 4.78 is 45.3. The number of hydrogen-bond donors (Lipinski definition) is 1. The van der Waals surface area contributed by atoms with Gasteiger partial charge < -0.3 is 14.5 Å². The van der Waals surface area contributed by atoms with E-state index in [0.29, 0.717) is 17.3 Å². The molecule has 1 heterocycles. The SMILES string of the molecule is CCOC(=O)c1c[nH]c2cc(Cc3ccc(OC(F)(F)F)cc3)ccc2c1=O. The molecule has 3 rings (SSSR count). The molecule has 0 unspecified atom stereocenters. The zero-order valence-electron chi connectivity index (χ0n) is 14.8. The lowest BCUT2D eigenvalue weighted by molar-refractivity contribution is -0.274. The average Bonchev–Trinajstić information content (AvgIpc) is 2.62. The van der Waals surface area contributed by atoms with Crippen LogP contribution >= 0.6 is 0 Å². The Morgan fingerprint density at radius 1 is 1.07 bits per heavy atom. The molecule has 0 saturated carbocycles. The van der Waals surface area contributed by atoms with E-state index in [2.05, 4.69) is 9.72 Å². The van der Waals surface area contributed by atoms with Gasteiger partial charge in [0.15, 0.2) is 0 Å². The first-order valence-corrected chi connectivity index (χ1v) is 8.43. The lowest BCUT2D eigenvalue weighted by Gasteiger charge is -2.09. The highest BCUT2D eigenvalue weighted by Gasteiger charge is 2.30. The van der Waals surface area contributed by atoms with Crippen LogP contribution in [0.1, 0.15) is 28.4 Å². The van der Waals surface area contributed by atoms with Crippen molar-refractivity contribution in [3.05, 3.63) is 75.6 Å². The number of pyridine rings is 1. The number of fused-ring (bicyclic) bond motifs is 1. The summed E-state index contributed by atoms with van der Waals surface area (Å²) in [5, 5.41) is 0.350. The molecule has 146 valence electrons. The first-order valence-electron chi connectivity index (χ1n) is 8.43. The number of alkyl halides is 3. The molecule has 1 aromatic heterocycles. The van der Waals surface area contributed by atoms with Crippen LogP contribution < -0.4 is 10.2 Å². The van der Waals surface area contributed by atoms with Gasteiger partial charge in [0.2, 0.25) is 5.43 Å². The number of aromatic nitrogens is 1. The van der Waals surface area contributed by atoms with Gasteiger partial charge in [-0.15, -0.1) is 13.2 Å². The Morgan fingerprint density at radius 2 is 1.75 bits per heavy atom. The summed E-state index contributed by atoms with van der Waals surface area (Å²) in [6, 6.07) is 10.7. The highest BCUT2D eigenvalue weighted by Crippen LogP contribution is 2.23. The van der Waals surface area contributed by atoms with Crippen LogP contribution in [0, 0.1) is 0 Å². The van der Waals surface area contributed by atoms with Crippen LogP contribution in [0.5, 0.6) is 5.75 Å². The molecule has 5 nitrogen and oxygen atoms in total. The summed E-state index contributed by atoms with van der Waals surface area (Å²) in [7, 11) is 0. The molecule has 2 aromatic carbocycles. The number of nitrogens with one attached hydrogen (secondary N) is 1. The second kappa shape index (κ2) is 7.75. The van der Waals surface area contributed by atoms with Gasteiger partial charge >= 0.3 is 12.3 Å². The minimum atomic E-state index is -4.73. The third-order valence-corrected chi connectivity index (χ3v) is 4.01. The van der Waals surface area contributed by atoms with Crippen LogP contribution in [0.25, 0.3) is 10.9 Å². The van der Waals surface area contributed by atoms with E-state index < -0.39 is 17.8 Å². The minimum absolute atomic E-state index is 0.0673. The summed E-state index contributed by atoms with van der Waals surface area (Å²) >= 11 is 0. The van der Waals surface area contributed by atoms with Gasteiger partial charge in [-0.05, 0) is 48.7 Å². The lowest BCUT2D eigenvalue weighted by atomic mass is 10.0.